The number of nitrogens with zero attached hydrogens (tertiary/aromatic N) is 1. The van der Waals surface area contributed by atoms with Crippen molar-refractivity contribution in [3.63, 3.8) is 0 Å². The summed E-state index contributed by atoms with van der Waals surface area (Å²) in [4.78, 5) is 16.3. The molecule has 0 fully saturated rings. The summed E-state index contributed by atoms with van der Waals surface area (Å²) in [5.41, 5.74) is 9.12. The second-order valence-electron chi connectivity index (χ2n) is 4.72. The maximum absolute atomic E-state index is 12.4. The Balaban J connectivity index is 2.35. The molecule has 0 bridgehead atoms. The van der Waals surface area contributed by atoms with Crippen molar-refractivity contribution in [2.45, 2.75) is 26.7 Å². The van der Waals surface area contributed by atoms with Crippen LogP contribution < -0.4 is 11.1 Å². The molecule has 1 amide bonds. The number of rotatable bonds is 4. The highest BCUT2D eigenvalue weighted by atomic mass is 35.5. The van der Waals surface area contributed by atoms with E-state index in [9.17, 15) is 4.79 Å². The lowest BCUT2D eigenvalue weighted by atomic mass is 10.0. The van der Waals surface area contributed by atoms with Gasteiger partial charge in [-0.25, -0.2) is 4.98 Å². The summed E-state index contributed by atoms with van der Waals surface area (Å²) in [6.45, 7) is 4.12. The third kappa shape index (κ3) is 3.52. The fraction of sp³-hybridized carbons (Fsp3) is 0.250. The maximum Gasteiger partial charge on any atom is 0.255 e. The van der Waals surface area contributed by atoms with E-state index in [0.29, 0.717) is 5.56 Å². The van der Waals surface area contributed by atoms with Gasteiger partial charge in [0.15, 0.2) is 0 Å². The standard InChI is InChI=1S/C16H18ClN3O/c1-3-10-6-5-7-11(4-2)15(10)20-16(21)12-8-13(17)19-14(18)9-12/h5-9H,3-4H2,1-2H3,(H2,18,19)(H,20,21). The molecule has 5 heteroatoms. The molecule has 1 aromatic carbocycles. The lowest BCUT2D eigenvalue weighted by Crippen LogP contribution is -2.15. The quantitative estimate of drug-likeness (QED) is 0.846. The van der Waals surface area contributed by atoms with Crippen LogP contribution in [0.4, 0.5) is 11.5 Å². The number of hydrogen-bond acceptors (Lipinski definition) is 3. The number of carbonyl (C=O) groups excluding carboxylic acids is 1. The summed E-state index contributed by atoms with van der Waals surface area (Å²) in [5.74, 6) is -0.00579. The van der Waals surface area contributed by atoms with Gasteiger partial charge in [-0.15, -0.1) is 0 Å². The average molecular weight is 304 g/mol. The smallest absolute Gasteiger partial charge is 0.255 e. The largest absolute Gasteiger partial charge is 0.384 e. The van der Waals surface area contributed by atoms with E-state index >= 15 is 0 Å². The van der Waals surface area contributed by atoms with Gasteiger partial charge in [0.05, 0.1) is 0 Å². The van der Waals surface area contributed by atoms with Crippen LogP contribution in [-0.2, 0) is 12.8 Å². The normalized spacial score (nSPS) is 10.4. The van der Waals surface area contributed by atoms with Crippen LogP contribution in [0.2, 0.25) is 5.15 Å². The van der Waals surface area contributed by atoms with Crippen molar-refractivity contribution < 1.29 is 4.79 Å². The second-order valence-corrected chi connectivity index (χ2v) is 5.10. The topological polar surface area (TPSA) is 68.0 Å². The fourth-order valence-electron chi connectivity index (χ4n) is 2.24. The van der Waals surface area contributed by atoms with E-state index in [-0.39, 0.29) is 16.9 Å². The summed E-state index contributed by atoms with van der Waals surface area (Å²) in [7, 11) is 0. The van der Waals surface area contributed by atoms with Gasteiger partial charge in [-0.3, -0.25) is 4.79 Å². The number of amides is 1. The highest BCUT2D eigenvalue weighted by molar-refractivity contribution is 6.30. The van der Waals surface area contributed by atoms with E-state index < -0.39 is 0 Å². The number of nitrogens with one attached hydrogen (secondary N) is 1. The van der Waals surface area contributed by atoms with Gasteiger partial charge in [0.1, 0.15) is 11.0 Å². The highest BCUT2D eigenvalue weighted by Gasteiger charge is 2.13. The number of aryl methyl sites for hydroxylation is 2. The lowest BCUT2D eigenvalue weighted by Gasteiger charge is -2.14. The molecule has 4 nitrogen and oxygen atoms in total. The van der Waals surface area contributed by atoms with Crippen LogP contribution in [0, 0.1) is 0 Å². The Morgan fingerprint density at radius 1 is 1.24 bits per heavy atom. The van der Waals surface area contributed by atoms with Gasteiger partial charge in [-0.05, 0) is 36.1 Å². The Labute approximate surface area is 129 Å². The van der Waals surface area contributed by atoms with Crippen LogP contribution in [0.25, 0.3) is 0 Å². The molecule has 0 atom stereocenters. The van der Waals surface area contributed by atoms with Crippen LogP contribution in [0.1, 0.15) is 35.3 Å². The Morgan fingerprint density at radius 2 is 1.86 bits per heavy atom. The molecule has 0 saturated carbocycles. The summed E-state index contributed by atoms with van der Waals surface area (Å²) in [5, 5.41) is 3.18. The first-order valence-corrected chi connectivity index (χ1v) is 7.28. The molecule has 1 heterocycles. The Bertz CT molecular complexity index is 628. The first-order chi connectivity index (χ1) is 10.0. The number of carbonyl (C=O) groups is 1. The number of anilines is 2. The van der Waals surface area contributed by atoms with E-state index in [1.807, 2.05) is 18.2 Å². The Morgan fingerprint density at radius 3 is 2.38 bits per heavy atom. The number of nitrogens with two attached hydrogens (primary N) is 1. The molecular weight excluding hydrogens is 286 g/mol. The molecule has 0 unspecified atom stereocenters. The zero-order chi connectivity index (χ0) is 15.4. The Kier molecular flexibility index (Phi) is 4.81. The Hall–Kier alpha value is -2.07. The molecular formula is C16H18ClN3O. The van der Waals surface area contributed by atoms with Crippen LogP contribution in [0.5, 0.6) is 0 Å². The summed E-state index contributed by atoms with van der Waals surface area (Å²) in [6.07, 6.45) is 1.70. The molecule has 0 aliphatic heterocycles. The van der Waals surface area contributed by atoms with Crippen molar-refractivity contribution in [1.29, 1.82) is 0 Å². The predicted molar refractivity (Wildman–Crippen MR) is 86.8 cm³/mol. The monoisotopic (exact) mass is 303 g/mol. The number of aromatic nitrogens is 1. The first-order valence-electron chi connectivity index (χ1n) is 6.90. The van der Waals surface area contributed by atoms with Crippen molar-refractivity contribution in [3.05, 3.63) is 52.2 Å². The molecule has 21 heavy (non-hydrogen) atoms. The molecule has 0 aliphatic carbocycles. The third-order valence-corrected chi connectivity index (χ3v) is 3.51. The maximum atomic E-state index is 12.4. The van der Waals surface area contributed by atoms with Crippen molar-refractivity contribution in [2.75, 3.05) is 11.1 Å². The van der Waals surface area contributed by atoms with Gasteiger partial charge in [0.2, 0.25) is 0 Å². The lowest BCUT2D eigenvalue weighted by molar-refractivity contribution is 0.102. The molecule has 0 radical (unpaired) electrons. The summed E-state index contributed by atoms with van der Waals surface area (Å²) >= 11 is 5.84. The zero-order valence-electron chi connectivity index (χ0n) is 12.1. The van der Waals surface area contributed by atoms with Crippen molar-refractivity contribution in [1.82, 2.24) is 4.98 Å². The molecule has 110 valence electrons. The van der Waals surface area contributed by atoms with E-state index in [4.69, 9.17) is 17.3 Å². The molecule has 2 aromatic rings. The fourth-order valence-corrected chi connectivity index (χ4v) is 2.45. The van der Waals surface area contributed by atoms with Gasteiger partial charge in [-0.1, -0.05) is 43.6 Å². The number of nitrogen functional groups attached to an aromatic ring is 1. The molecule has 0 spiro atoms. The molecule has 1 aromatic heterocycles. The van der Waals surface area contributed by atoms with E-state index in [1.54, 1.807) is 0 Å². The van der Waals surface area contributed by atoms with E-state index in [1.165, 1.54) is 12.1 Å². The van der Waals surface area contributed by atoms with Gasteiger partial charge in [0, 0.05) is 11.3 Å². The van der Waals surface area contributed by atoms with Gasteiger partial charge >= 0.3 is 0 Å². The van der Waals surface area contributed by atoms with Crippen LogP contribution >= 0.6 is 11.6 Å². The number of pyridine rings is 1. The third-order valence-electron chi connectivity index (χ3n) is 3.31. The van der Waals surface area contributed by atoms with Crippen LogP contribution in [0.3, 0.4) is 0 Å². The zero-order valence-corrected chi connectivity index (χ0v) is 12.9. The van der Waals surface area contributed by atoms with Crippen molar-refractivity contribution in [2.24, 2.45) is 0 Å². The highest BCUT2D eigenvalue weighted by Crippen LogP contribution is 2.24. The number of para-hydroxylation sites is 1. The summed E-state index contributed by atoms with van der Waals surface area (Å²) in [6, 6.07) is 9.06. The molecule has 0 saturated heterocycles. The SMILES string of the molecule is CCc1cccc(CC)c1NC(=O)c1cc(N)nc(Cl)c1. The van der Waals surface area contributed by atoms with E-state index in [2.05, 4.69) is 24.1 Å². The average Bonchev–Trinajstić information content (AvgIpc) is 2.46. The predicted octanol–water partition coefficient (Wildman–Crippen LogP) is 3.69. The second kappa shape index (κ2) is 6.59. The minimum Gasteiger partial charge on any atom is -0.384 e. The van der Waals surface area contributed by atoms with Crippen molar-refractivity contribution in [3.8, 4) is 0 Å². The van der Waals surface area contributed by atoms with Crippen molar-refractivity contribution >= 4 is 29.0 Å². The minimum absolute atomic E-state index is 0.208. The number of halogens is 1. The van der Waals surface area contributed by atoms with Gasteiger partial charge < -0.3 is 11.1 Å². The van der Waals surface area contributed by atoms with Crippen LogP contribution in [-0.4, -0.2) is 10.9 Å². The van der Waals surface area contributed by atoms with Crippen LogP contribution in [0.15, 0.2) is 30.3 Å². The number of benzene rings is 1. The van der Waals surface area contributed by atoms with Gasteiger partial charge in [0.25, 0.3) is 5.91 Å². The molecule has 3 N–H and O–H groups in total. The summed E-state index contributed by atoms with van der Waals surface area (Å²) < 4.78 is 0. The first kappa shape index (κ1) is 15.3. The molecule has 0 aliphatic rings. The molecule has 2 rings (SSSR count). The minimum atomic E-state index is -0.235. The number of hydrogen-bond donors (Lipinski definition) is 2. The van der Waals surface area contributed by atoms with E-state index in [0.717, 1.165) is 29.7 Å². The van der Waals surface area contributed by atoms with Gasteiger partial charge in [-0.2, -0.15) is 0 Å².